The van der Waals surface area contributed by atoms with E-state index in [1.165, 1.54) is 17.0 Å². The van der Waals surface area contributed by atoms with E-state index in [1.807, 2.05) is 13.8 Å². The zero-order chi connectivity index (χ0) is 16.3. The summed E-state index contributed by atoms with van der Waals surface area (Å²) < 4.78 is 18.6. The van der Waals surface area contributed by atoms with Crippen molar-refractivity contribution < 1.29 is 18.7 Å². The molecular formula is C16H21FN2O3. The van der Waals surface area contributed by atoms with Crippen LogP contribution in [0.1, 0.15) is 25.5 Å². The first kappa shape index (κ1) is 16.4. The van der Waals surface area contributed by atoms with Crippen LogP contribution >= 0.6 is 0 Å². The third-order valence-corrected chi connectivity index (χ3v) is 3.64. The van der Waals surface area contributed by atoms with Crippen molar-refractivity contribution in [2.75, 3.05) is 20.2 Å². The minimum Gasteiger partial charge on any atom is -0.356 e. The van der Waals surface area contributed by atoms with E-state index in [2.05, 4.69) is 5.32 Å². The molecule has 120 valence electrons. The number of halogens is 1. The molecule has 1 heterocycles. The number of carbonyl (C=O) groups is 2. The zero-order valence-corrected chi connectivity index (χ0v) is 13.0. The van der Waals surface area contributed by atoms with Gasteiger partial charge in [0.2, 0.25) is 5.91 Å². The molecule has 0 aromatic heterocycles. The second-order valence-electron chi connectivity index (χ2n) is 5.87. The molecule has 1 aromatic rings. The first-order chi connectivity index (χ1) is 10.4. The molecule has 0 unspecified atom stereocenters. The standard InChI is InChI=1S/C16H21FN2O3/c1-10(2)8-18-16(21)15-14(19(3)13(20)9-22-15)11-4-6-12(17)7-5-11/h4-7,10,14-15H,8-9H2,1-3H3,(H,18,21)/t14-,15+/m1/s1. The van der Waals surface area contributed by atoms with Crippen molar-refractivity contribution in [3.05, 3.63) is 35.6 Å². The predicted molar refractivity (Wildman–Crippen MR) is 79.5 cm³/mol. The smallest absolute Gasteiger partial charge is 0.251 e. The maximum Gasteiger partial charge on any atom is 0.251 e. The van der Waals surface area contributed by atoms with Crippen LogP contribution < -0.4 is 5.32 Å². The van der Waals surface area contributed by atoms with Gasteiger partial charge in [0.25, 0.3) is 5.91 Å². The Hall–Kier alpha value is -1.95. The van der Waals surface area contributed by atoms with Crippen LogP contribution in [0.2, 0.25) is 0 Å². The fourth-order valence-corrected chi connectivity index (χ4v) is 2.39. The SMILES string of the molecule is CC(C)CNC(=O)[C@H]1OCC(=O)N(C)[C@@H]1c1ccc(F)cc1. The van der Waals surface area contributed by atoms with Crippen molar-refractivity contribution in [1.29, 1.82) is 0 Å². The Labute approximate surface area is 129 Å². The molecule has 6 heteroatoms. The van der Waals surface area contributed by atoms with Crippen LogP contribution in [0.25, 0.3) is 0 Å². The van der Waals surface area contributed by atoms with E-state index in [9.17, 15) is 14.0 Å². The summed E-state index contributed by atoms with van der Waals surface area (Å²) in [5.74, 6) is -0.518. The summed E-state index contributed by atoms with van der Waals surface area (Å²) in [5.41, 5.74) is 0.668. The van der Waals surface area contributed by atoms with Crippen LogP contribution in [-0.4, -0.2) is 43.0 Å². The summed E-state index contributed by atoms with van der Waals surface area (Å²) in [6.07, 6.45) is -0.799. The number of hydrogen-bond donors (Lipinski definition) is 1. The lowest BCUT2D eigenvalue weighted by Crippen LogP contribution is -2.53. The van der Waals surface area contributed by atoms with E-state index in [4.69, 9.17) is 4.74 Å². The van der Waals surface area contributed by atoms with E-state index in [-0.39, 0.29) is 24.2 Å². The molecule has 1 N–H and O–H groups in total. The molecule has 2 rings (SSSR count). The van der Waals surface area contributed by atoms with E-state index in [0.29, 0.717) is 18.0 Å². The van der Waals surface area contributed by atoms with E-state index in [1.54, 1.807) is 19.2 Å². The average Bonchev–Trinajstić information content (AvgIpc) is 2.48. The molecule has 1 aromatic carbocycles. The molecule has 0 bridgehead atoms. The third-order valence-electron chi connectivity index (χ3n) is 3.64. The molecule has 0 saturated carbocycles. The minimum absolute atomic E-state index is 0.131. The van der Waals surface area contributed by atoms with Crippen molar-refractivity contribution in [1.82, 2.24) is 10.2 Å². The van der Waals surface area contributed by atoms with Gasteiger partial charge in [-0.25, -0.2) is 4.39 Å². The Bertz CT molecular complexity index is 545. The topological polar surface area (TPSA) is 58.6 Å². The van der Waals surface area contributed by atoms with Gasteiger partial charge in [-0.2, -0.15) is 0 Å². The fraction of sp³-hybridized carbons (Fsp3) is 0.500. The maximum atomic E-state index is 13.1. The quantitative estimate of drug-likeness (QED) is 0.917. The van der Waals surface area contributed by atoms with Crippen LogP contribution in [0.15, 0.2) is 24.3 Å². The van der Waals surface area contributed by atoms with Gasteiger partial charge in [-0.3, -0.25) is 9.59 Å². The molecule has 0 spiro atoms. The fourth-order valence-electron chi connectivity index (χ4n) is 2.39. The highest BCUT2D eigenvalue weighted by Gasteiger charge is 2.39. The highest BCUT2D eigenvalue weighted by atomic mass is 19.1. The summed E-state index contributed by atoms with van der Waals surface area (Å²) in [6.45, 7) is 4.39. The van der Waals surface area contributed by atoms with Crippen molar-refractivity contribution in [2.45, 2.75) is 26.0 Å². The van der Waals surface area contributed by atoms with Gasteiger partial charge in [0.15, 0.2) is 6.10 Å². The third kappa shape index (κ3) is 3.62. The van der Waals surface area contributed by atoms with Crippen molar-refractivity contribution in [3.63, 3.8) is 0 Å². The van der Waals surface area contributed by atoms with Crippen LogP contribution in [-0.2, 0) is 14.3 Å². The van der Waals surface area contributed by atoms with Crippen LogP contribution in [0.5, 0.6) is 0 Å². The molecule has 2 amide bonds. The molecule has 0 aliphatic carbocycles. The van der Waals surface area contributed by atoms with E-state index in [0.717, 1.165) is 0 Å². The lowest BCUT2D eigenvalue weighted by atomic mass is 9.97. The number of likely N-dealkylation sites (N-methyl/N-ethyl adjacent to an activating group) is 1. The van der Waals surface area contributed by atoms with Crippen molar-refractivity contribution in [3.8, 4) is 0 Å². The number of rotatable bonds is 4. The van der Waals surface area contributed by atoms with Crippen LogP contribution in [0.4, 0.5) is 4.39 Å². The predicted octanol–water partition coefficient (Wildman–Crippen LogP) is 1.50. The summed E-state index contributed by atoms with van der Waals surface area (Å²) >= 11 is 0. The van der Waals surface area contributed by atoms with Gasteiger partial charge in [0.05, 0.1) is 6.04 Å². The van der Waals surface area contributed by atoms with Crippen LogP contribution in [0, 0.1) is 11.7 Å². The summed E-state index contributed by atoms with van der Waals surface area (Å²) in [5, 5.41) is 2.82. The summed E-state index contributed by atoms with van der Waals surface area (Å²) in [7, 11) is 1.63. The Morgan fingerprint density at radius 1 is 1.41 bits per heavy atom. The Morgan fingerprint density at radius 2 is 2.05 bits per heavy atom. The lowest BCUT2D eigenvalue weighted by Gasteiger charge is -2.38. The number of hydrogen-bond acceptors (Lipinski definition) is 3. The highest BCUT2D eigenvalue weighted by molar-refractivity contribution is 5.86. The second-order valence-corrected chi connectivity index (χ2v) is 5.87. The van der Waals surface area contributed by atoms with Gasteiger partial charge in [0.1, 0.15) is 12.4 Å². The highest BCUT2D eigenvalue weighted by Crippen LogP contribution is 2.29. The molecule has 1 aliphatic heterocycles. The number of benzene rings is 1. The Kier molecular flexibility index (Phi) is 5.13. The Morgan fingerprint density at radius 3 is 2.64 bits per heavy atom. The normalized spacial score (nSPS) is 22.0. The molecule has 22 heavy (non-hydrogen) atoms. The summed E-state index contributed by atoms with van der Waals surface area (Å²) in [4.78, 5) is 25.7. The first-order valence-corrected chi connectivity index (χ1v) is 7.30. The first-order valence-electron chi connectivity index (χ1n) is 7.30. The van der Waals surface area contributed by atoms with Gasteiger partial charge in [-0.15, -0.1) is 0 Å². The van der Waals surface area contributed by atoms with E-state index < -0.39 is 12.1 Å². The maximum absolute atomic E-state index is 13.1. The second kappa shape index (κ2) is 6.87. The minimum atomic E-state index is -0.799. The molecule has 0 radical (unpaired) electrons. The molecule has 1 fully saturated rings. The number of morpholine rings is 1. The molecule has 1 saturated heterocycles. The zero-order valence-electron chi connectivity index (χ0n) is 13.0. The number of nitrogens with one attached hydrogen (secondary N) is 1. The molecular weight excluding hydrogens is 287 g/mol. The summed E-state index contributed by atoms with van der Waals surface area (Å²) in [6, 6.07) is 5.20. The number of nitrogens with zero attached hydrogens (tertiary/aromatic N) is 1. The van der Waals surface area contributed by atoms with Crippen molar-refractivity contribution >= 4 is 11.8 Å². The number of carbonyl (C=O) groups excluding carboxylic acids is 2. The van der Waals surface area contributed by atoms with Crippen molar-refractivity contribution in [2.24, 2.45) is 5.92 Å². The Balaban J connectivity index is 2.24. The lowest BCUT2D eigenvalue weighted by molar-refractivity contribution is -0.162. The van der Waals surface area contributed by atoms with Gasteiger partial charge < -0.3 is 15.0 Å². The monoisotopic (exact) mass is 308 g/mol. The van der Waals surface area contributed by atoms with Gasteiger partial charge in [0, 0.05) is 13.6 Å². The van der Waals surface area contributed by atoms with Crippen LogP contribution in [0.3, 0.4) is 0 Å². The molecule has 5 nitrogen and oxygen atoms in total. The van der Waals surface area contributed by atoms with E-state index >= 15 is 0 Å². The van der Waals surface area contributed by atoms with Gasteiger partial charge in [-0.1, -0.05) is 26.0 Å². The molecule has 2 atom stereocenters. The van der Waals surface area contributed by atoms with Gasteiger partial charge in [-0.05, 0) is 23.6 Å². The average molecular weight is 308 g/mol. The number of amides is 2. The largest absolute Gasteiger partial charge is 0.356 e. The number of ether oxygens (including phenoxy) is 1. The van der Waals surface area contributed by atoms with Gasteiger partial charge >= 0.3 is 0 Å². The molecule has 1 aliphatic rings.